The third-order valence-electron chi connectivity index (χ3n) is 0.969. The summed E-state index contributed by atoms with van der Waals surface area (Å²) in [4.78, 5) is 0. The summed E-state index contributed by atoms with van der Waals surface area (Å²) in [7, 11) is 0. The predicted molar refractivity (Wildman–Crippen MR) is 34.6 cm³/mol. The van der Waals surface area contributed by atoms with Crippen molar-refractivity contribution in [2.45, 2.75) is 32.9 Å². The highest BCUT2D eigenvalue weighted by atomic mass is 19.1. The van der Waals surface area contributed by atoms with Crippen LogP contribution in [0.15, 0.2) is 12.2 Å². The highest BCUT2D eigenvalue weighted by Gasteiger charge is 1.95. The molecule has 1 heteroatoms. The molecule has 0 aliphatic heterocycles. The topological polar surface area (TPSA) is 0 Å². The molecule has 0 fully saturated rings. The van der Waals surface area contributed by atoms with Crippen molar-refractivity contribution in [1.82, 2.24) is 0 Å². The van der Waals surface area contributed by atoms with Crippen LogP contribution in [0.4, 0.5) is 4.39 Å². The summed E-state index contributed by atoms with van der Waals surface area (Å²) < 4.78 is 12.0. The Morgan fingerprint density at radius 3 is 2.38 bits per heavy atom. The largest absolute Gasteiger partial charge is 0.248 e. The van der Waals surface area contributed by atoms with E-state index in [-0.39, 0.29) is 0 Å². The smallest absolute Gasteiger partial charge is 0.0976 e. The number of allylic oxidation sites excluding steroid dienone is 1. The van der Waals surface area contributed by atoms with Crippen molar-refractivity contribution in [3.8, 4) is 0 Å². The molecule has 0 heterocycles. The highest BCUT2D eigenvalue weighted by molar-refractivity contribution is 4.87. The van der Waals surface area contributed by atoms with Gasteiger partial charge in [0.2, 0.25) is 0 Å². The van der Waals surface area contributed by atoms with Crippen molar-refractivity contribution in [1.29, 1.82) is 0 Å². The summed E-state index contributed by atoms with van der Waals surface area (Å²) in [6, 6.07) is 0. The van der Waals surface area contributed by atoms with Crippen molar-refractivity contribution >= 4 is 0 Å². The molecule has 1 unspecified atom stereocenters. The van der Waals surface area contributed by atoms with E-state index in [0.717, 1.165) is 12.0 Å². The van der Waals surface area contributed by atoms with E-state index in [2.05, 4.69) is 6.58 Å². The van der Waals surface area contributed by atoms with Gasteiger partial charge in [-0.2, -0.15) is 0 Å². The molecule has 48 valence electrons. The van der Waals surface area contributed by atoms with Crippen LogP contribution in [-0.2, 0) is 0 Å². The second kappa shape index (κ2) is 3.65. The van der Waals surface area contributed by atoms with E-state index >= 15 is 0 Å². The molecule has 0 spiro atoms. The first-order valence-electron chi connectivity index (χ1n) is 2.91. The minimum Gasteiger partial charge on any atom is -0.248 e. The Morgan fingerprint density at radius 1 is 1.75 bits per heavy atom. The standard InChI is InChI=1S/C7H13F/c1-6(2)4-5-7(3)8/h7H,1,4-5H2,2-3H3. The molecule has 0 aliphatic rings. The summed E-state index contributed by atoms with van der Waals surface area (Å²) in [6.45, 7) is 7.15. The SMILES string of the molecule is C=C(C)CCC(C)F. The van der Waals surface area contributed by atoms with E-state index < -0.39 is 6.17 Å². The first-order chi connectivity index (χ1) is 3.63. The second-order valence-corrected chi connectivity index (χ2v) is 2.28. The van der Waals surface area contributed by atoms with Crippen LogP contribution in [-0.4, -0.2) is 6.17 Å². The van der Waals surface area contributed by atoms with Gasteiger partial charge in [0.15, 0.2) is 0 Å². The Kier molecular flexibility index (Phi) is 3.49. The zero-order valence-corrected chi connectivity index (χ0v) is 5.58. The Balaban J connectivity index is 3.05. The molecule has 0 N–H and O–H groups in total. The lowest BCUT2D eigenvalue weighted by atomic mass is 10.1. The van der Waals surface area contributed by atoms with E-state index in [1.54, 1.807) is 6.92 Å². The van der Waals surface area contributed by atoms with Crippen molar-refractivity contribution in [2.75, 3.05) is 0 Å². The maximum atomic E-state index is 12.0. The molecule has 0 bridgehead atoms. The average Bonchev–Trinajstić information content (AvgIpc) is 1.61. The molecule has 0 nitrogen and oxygen atoms in total. The normalized spacial score (nSPS) is 13.4. The van der Waals surface area contributed by atoms with Crippen molar-refractivity contribution in [3.05, 3.63) is 12.2 Å². The zero-order chi connectivity index (χ0) is 6.57. The molecule has 0 rings (SSSR count). The molecular formula is C7H13F. The number of hydrogen-bond donors (Lipinski definition) is 0. The first kappa shape index (κ1) is 7.67. The van der Waals surface area contributed by atoms with E-state index in [9.17, 15) is 4.39 Å². The summed E-state index contributed by atoms with van der Waals surface area (Å²) in [5.41, 5.74) is 1.06. The Labute approximate surface area is 50.4 Å². The number of halogens is 1. The molecule has 8 heavy (non-hydrogen) atoms. The van der Waals surface area contributed by atoms with Crippen molar-refractivity contribution in [3.63, 3.8) is 0 Å². The lowest BCUT2D eigenvalue weighted by Gasteiger charge is -1.98. The predicted octanol–water partition coefficient (Wildman–Crippen LogP) is 2.70. The monoisotopic (exact) mass is 116 g/mol. The number of rotatable bonds is 3. The summed E-state index contributed by atoms with van der Waals surface area (Å²) in [6.07, 6.45) is 0.763. The van der Waals surface area contributed by atoms with Crippen LogP contribution in [0.3, 0.4) is 0 Å². The maximum Gasteiger partial charge on any atom is 0.0976 e. The molecule has 0 aliphatic carbocycles. The van der Waals surface area contributed by atoms with Gasteiger partial charge in [0.25, 0.3) is 0 Å². The minimum absolute atomic E-state index is 0.620. The van der Waals surface area contributed by atoms with Gasteiger partial charge in [-0.3, -0.25) is 0 Å². The van der Waals surface area contributed by atoms with Crippen LogP contribution >= 0.6 is 0 Å². The second-order valence-electron chi connectivity index (χ2n) is 2.28. The zero-order valence-electron chi connectivity index (χ0n) is 5.58. The maximum absolute atomic E-state index is 12.0. The Bertz CT molecular complexity index is 74.5. The van der Waals surface area contributed by atoms with Gasteiger partial charge in [0, 0.05) is 0 Å². The van der Waals surface area contributed by atoms with Crippen molar-refractivity contribution in [2.24, 2.45) is 0 Å². The first-order valence-corrected chi connectivity index (χ1v) is 2.91. The highest BCUT2D eigenvalue weighted by Crippen LogP contribution is 2.05. The van der Waals surface area contributed by atoms with E-state index in [0.29, 0.717) is 6.42 Å². The molecule has 1 atom stereocenters. The van der Waals surface area contributed by atoms with Gasteiger partial charge in [-0.25, -0.2) is 4.39 Å². The summed E-state index contributed by atoms with van der Waals surface area (Å²) in [5, 5.41) is 0. The van der Waals surface area contributed by atoms with Crippen LogP contribution < -0.4 is 0 Å². The molecule has 0 radical (unpaired) electrons. The van der Waals surface area contributed by atoms with E-state index in [1.807, 2.05) is 6.92 Å². The van der Waals surface area contributed by atoms with Gasteiger partial charge in [-0.1, -0.05) is 5.57 Å². The van der Waals surface area contributed by atoms with E-state index in [4.69, 9.17) is 0 Å². The Morgan fingerprint density at radius 2 is 2.25 bits per heavy atom. The average molecular weight is 116 g/mol. The van der Waals surface area contributed by atoms with Gasteiger partial charge in [0.1, 0.15) is 0 Å². The summed E-state index contributed by atoms with van der Waals surface area (Å²) in [5.74, 6) is 0. The molecular weight excluding hydrogens is 103 g/mol. The van der Waals surface area contributed by atoms with Gasteiger partial charge in [-0.05, 0) is 26.7 Å². The molecule has 0 aromatic rings. The molecule has 0 aromatic heterocycles. The Hall–Kier alpha value is -0.330. The molecule has 0 saturated carbocycles. The molecule has 0 saturated heterocycles. The summed E-state index contributed by atoms with van der Waals surface area (Å²) >= 11 is 0. The molecule has 0 aromatic carbocycles. The van der Waals surface area contributed by atoms with Gasteiger partial charge < -0.3 is 0 Å². The van der Waals surface area contributed by atoms with Crippen molar-refractivity contribution < 1.29 is 4.39 Å². The van der Waals surface area contributed by atoms with Gasteiger partial charge in [-0.15, -0.1) is 6.58 Å². The van der Waals surface area contributed by atoms with Crippen LogP contribution in [0.2, 0.25) is 0 Å². The van der Waals surface area contributed by atoms with E-state index in [1.165, 1.54) is 0 Å². The molecule has 0 amide bonds. The third kappa shape index (κ3) is 5.67. The van der Waals surface area contributed by atoms with Crippen LogP contribution in [0.1, 0.15) is 26.7 Å². The fraction of sp³-hybridized carbons (Fsp3) is 0.714. The number of hydrogen-bond acceptors (Lipinski definition) is 0. The quantitative estimate of drug-likeness (QED) is 0.497. The van der Waals surface area contributed by atoms with Crippen LogP contribution in [0.25, 0.3) is 0 Å². The van der Waals surface area contributed by atoms with Gasteiger partial charge >= 0.3 is 0 Å². The minimum atomic E-state index is -0.674. The fourth-order valence-electron chi connectivity index (χ4n) is 0.445. The van der Waals surface area contributed by atoms with Crippen LogP contribution in [0, 0.1) is 0 Å². The lowest BCUT2D eigenvalue weighted by Crippen LogP contribution is -1.90. The van der Waals surface area contributed by atoms with Crippen LogP contribution in [0.5, 0.6) is 0 Å². The third-order valence-corrected chi connectivity index (χ3v) is 0.969. The fourth-order valence-corrected chi connectivity index (χ4v) is 0.445. The lowest BCUT2D eigenvalue weighted by molar-refractivity contribution is 0.341. The number of alkyl halides is 1. The van der Waals surface area contributed by atoms with Gasteiger partial charge in [0.05, 0.1) is 6.17 Å².